The molecule has 0 heterocycles. The number of benzene rings is 1. The summed E-state index contributed by atoms with van der Waals surface area (Å²) in [4.78, 5) is 0. The van der Waals surface area contributed by atoms with E-state index < -0.39 is 8.07 Å². The van der Waals surface area contributed by atoms with Crippen molar-refractivity contribution in [1.82, 2.24) is 0 Å². The van der Waals surface area contributed by atoms with E-state index in [-0.39, 0.29) is 0 Å². The van der Waals surface area contributed by atoms with Crippen molar-refractivity contribution in [1.29, 1.82) is 0 Å². The van der Waals surface area contributed by atoms with E-state index in [1.165, 1.54) is 24.0 Å². The van der Waals surface area contributed by atoms with Gasteiger partial charge in [-0.2, -0.15) is 0 Å². The Hall–Kier alpha value is -1.26. The van der Waals surface area contributed by atoms with Crippen LogP contribution in [0.4, 0.5) is 0 Å². The van der Waals surface area contributed by atoms with Gasteiger partial charge in [0, 0.05) is 6.42 Å². The predicted octanol–water partition coefficient (Wildman–Crippen LogP) is 5.53. The van der Waals surface area contributed by atoms with Crippen LogP contribution < -0.4 is 0 Å². The van der Waals surface area contributed by atoms with Gasteiger partial charge in [0.1, 0.15) is 8.07 Å². The van der Waals surface area contributed by atoms with Crippen LogP contribution in [-0.4, -0.2) is 8.07 Å². The zero-order chi connectivity index (χ0) is 14.1. The monoisotopic (exact) mass is 270 g/mol. The van der Waals surface area contributed by atoms with E-state index in [4.69, 9.17) is 0 Å². The van der Waals surface area contributed by atoms with Crippen LogP contribution >= 0.6 is 0 Å². The lowest BCUT2D eigenvalue weighted by atomic mass is 10.0. The maximum atomic E-state index is 3.46. The SMILES string of the molecule is CCCCC=C(CC#C[Si](C)(C)C)c1ccccc1. The molecule has 1 heteroatoms. The molecule has 0 fully saturated rings. The van der Waals surface area contributed by atoms with Gasteiger partial charge in [-0.15, -0.1) is 11.5 Å². The average Bonchev–Trinajstić information content (AvgIpc) is 2.37. The molecule has 0 aliphatic heterocycles. The van der Waals surface area contributed by atoms with E-state index in [1.807, 2.05) is 0 Å². The number of hydrogen-bond acceptors (Lipinski definition) is 0. The van der Waals surface area contributed by atoms with Gasteiger partial charge in [0.15, 0.2) is 0 Å². The minimum absolute atomic E-state index is 0.887. The fourth-order valence-corrected chi connectivity index (χ4v) is 2.45. The Morgan fingerprint density at radius 3 is 2.42 bits per heavy atom. The largest absolute Gasteiger partial charge is 0.132 e. The van der Waals surface area contributed by atoms with Gasteiger partial charge < -0.3 is 0 Å². The normalized spacial score (nSPS) is 11.9. The fraction of sp³-hybridized carbons (Fsp3) is 0.444. The van der Waals surface area contributed by atoms with Crippen LogP contribution in [0.1, 0.15) is 38.2 Å². The molecule has 0 bridgehead atoms. The highest BCUT2D eigenvalue weighted by Crippen LogP contribution is 2.19. The molecule has 0 N–H and O–H groups in total. The third-order valence-electron chi connectivity index (χ3n) is 2.84. The first-order valence-corrected chi connectivity index (χ1v) is 10.8. The second-order valence-corrected chi connectivity index (χ2v) is 10.7. The molecule has 0 spiro atoms. The van der Waals surface area contributed by atoms with Crippen molar-refractivity contribution in [2.45, 2.75) is 52.2 Å². The molecule has 0 saturated heterocycles. The zero-order valence-corrected chi connectivity index (χ0v) is 13.8. The number of allylic oxidation sites excluding steroid dienone is 2. The van der Waals surface area contributed by atoms with E-state index in [2.05, 4.69) is 74.4 Å². The second kappa shape index (κ2) is 8.02. The molecule has 0 aromatic heterocycles. The molecule has 0 nitrogen and oxygen atoms in total. The van der Waals surface area contributed by atoms with Gasteiger partial charge in [0.05, 0.1) is 0 Å². The molecule has 19 heavy (non-hydrogen) atoms. The Labute approximate surface area is 120 Å². The fourth-order valence-electron chi connectivity index (χ4n) is 1.83. The van der Waals surface area contributed by atoms with E-state index in [9.17, 15) is 0 Å². The van der Waals surface area contributed by atoms with Crippen molar-refractivity contribution in [3.05, 3.63) is 42.0 Å². The Morgan fingerprint density at radius 1 is 1.16 bits per heavy atom. The molecular formula is C18H26Si. The van der Waals surface area contributed by atoms with Crippen molar-refractivity contribution in [3.63, 3.8) is 0 Å². The van der Waals surface area contributed by atoms with Crippen molar-refractivity contribution in [2.75, 3.05) is 0 Å². The molecule has 1 aromatic carbocycles. The van der Waals surface area contributed by atoms with Crippen LogP contribution in [0.3, 0.4) is 0 Å². The van der Waals surface area contributed by atoms with E-state index in [1.54, 1.807) is 0 Å². The summed E-state index contributed by atoms with van der Waals surface area (Å²) in [5, 5.41) is 0. The highest BCUT2D eigenvalue weighted by molar-refractivity contribution is 6.83. The lowest BCUT2D eigenvalue weighted by molar-refractivity contribution is 0.815. The summed E-state index contributed by atoms with van der Waals surface area (Å²) in [7, 11) is -1.25. The highest BCUT2D eigenvalue weighted by Gasteiger charge is 2.07. The molecule has 0 amide bonds. The topological polar surface area (TPSA) is 0 Å². The summed E-state index contributed by atoms with van der Waals surface area (Å²) in [6.07, 6.45) is 6.93. The molecule has 0 saturated carbocycles. The molecule has 0 aliphatic rings. The van der Waals surface area contributed by atoms with Crippen molar-refractivity contribution >= 4 is 13.6 Å². The van der Waals surface area contributed by atoms with Crippen LogP contribution in [0.5, 0.6) is 0 Å². The van der Waals surface area contributed by atoms with Crippen LogP contribution in [0, 0.1) is 11.5 Å². The summed E-state index contributed by atoms with van der Waals surface area (Å²) in [6.45, 7) is 9.12. The molecule has 0 unspecified atom stereocenters. The smallest absolute Gasteiger partial charge is 0.129 e. The second-order valence-electron chi connectivity index (χ2n) is 5.97. The minimum Gasteiger partial charge on any atom is -0.132 e. The summed E-state index contributed by atoms with van der Waals surface area (Å²) < 4.78 is 0. The lowest BCUT2D eigenvalue weighted by Gasteiger charge is -2.06. The Morgan fingerprint density at radius 2 is 1.84 bits per heavy atom. The first-order chi connectivity index (χ1) is 9.03. The molecule has 0 aliphatic carbocycles. The van der Waals surface area contributed by atoms with Crippen LogP contribution in [0.15, 0.2) is 36.4 Å². The molecule has 0 radical (unpaired) electrons. The third kappa shape index (κ3) is 7.03. The lowest BCUT2D eigenvalue weighted by Crippen LogP contribution is -2.16. The molecule has 102 valence electrons. The van der Waals surface area contributed by atoms with Crippen molar-refractivity contribution in [2.24, 2.45) is 0 Å². The molecular weight excluding hydrogens is 244 g/mol. The van der Waals surface area contributed by atoms with E-state index in [0.717, 1.165) is 12.8 Å². The van der Waals surface area contributed by atoms with Gasteiger partial charge in [-0.05, 0) is 17.6 Å². The van der Waals surface area contributed by atoms with Crippen LogP contribution in [-0.2, 0) is 0 Å². The van der Waals surface area contributed by atoms with Crippen molar-refractivity contribution < 1.29 is 0 Å². The summed E-state index contributed by atoms with van der Waals surface area (Å²) in [5.74, 6) is 3.39. The predicted molar refractivity (Wildman–Crippen MR) is 89.7 cm³/mol. The number of hydrogen-bond donors (Lipinski definition) is 0. The maximum absolute atomic E-state index is 3.46. The molecule has 1 aromatic rings. The Balaban J connectivity index is 2.81. The van der Waals surface area contributed by atoms with E-state index >= 15 is 0 Å². The summed E-state index contributed by atoms with van der Waals surface area (Å²) >= 11 is 0. The third-order valence-corrected chi connectivity index (χ3v) is 3.76. The standard InChI is InChI=1S/C18H26Si/c1-5-6-8-12-18(15-11-16-19(2,3)4)17-13-9-7-10-14-17/h7,9-10,12-14H,5-6,8,15H2,1-4H3. The highest BCUT2D eigenvalue weighted by atomic mass is 28.3. The first-order valence-electron chi connectivity index (χ1n) is 7.27. The molecule has 1 rings (SSSR count). The summed E-state index contributed by atoms with van der Waals surface area (Å²) in [6, 6.07) is 10.7. The average molecular weight is 270 g/mol. The van der Waals surface area contributed by atoms with Gasteiger partial charge in [0.2, 0.25) is 0 Å². The van der Waals surface area contributed by atoms with Gasteiger partial charge in [-0.3, -0.25) is 0 Å². The van der Waals surface area contributed by atoms with Crippen LogP contribution in [0.2, 0.25) is 19.6 Å². The van der Waals surface area contributed by atoms with Gasteiger partial charge >= 0.3 is 0 Å². The number of rotatable bonds is 5. The maximum Gasteiger partial charge on any atom is 0.129 e. The van der Waals surface area contributed by atoms with E-state index in [0.29, 0.717) is 0 Å². The Kier molecular flexibility index (Phi) is 6.66. The van der Waals surface area contributed by atoms with Gasteiger partial charge in [-0.25, -0.2) is 0 Å². The summed E-state index contributed by atoms with van der Waals surface area (Å²) in [5.41, 5.74) is 6.17. The number of unbranched alkanes of at least 4 members (excludes halogenated alkanes) is 2. The quantitative estimate of drug-likeness (QED) is 0.375. The molecule has 0 atom stereocenters. The zero-order valence-electron chi connectivity index (χ0n) is 12.8. The Bertz CT molecular complexity index is 452. The van der Waals surface area contributed by atoms with Gasteiger partial charge in [-0.1, -0.05) is 75.8 Å². The first kappa shape index (κ1) is 15.8. The minimum atomic E-state index is -1.25. The van der Waals surface area contributed by atoms with Crippen LogP contribution in [0.25, 0.3) is 5.57 Å². The van der Waals surface area contributed by atoms with Crippen molar-refractivity contribution in [3.8, 4) is 11.5 Å². The van der Waals surface area contributed by atoms with Gasteiger partial charge in [0.25, 0.3) is 0 Å².